The molecule has 2 atom stereocenters. The highest BCUT2D eigenvalue weighted by Crippen LogP contribution is 2.32. The van der Waals surface area contributed by atoms with Crippen LogP contribution in [0.2, 0.25) is 6.04 Å². The summed E-state index contributed by atoms with van der Waals surface area (Å²) < 4.78 is 21.8. The molecule has 0 aromatic heterocycles. The molecule has 0 aliphatic rings. The summed E-state index contributed by atoms with van der Waals surface area (Å²) in [6, 6.07) is 0.632. The minimum Gasteiger partial charge on any atom is -0.394 e. The monoisotopic (exact) mass is 328 g/mol. The first-order valence-corrected chi connectivity index (χ1v) is 10.2. The normalized spacial score (nSPS) is 15.6. The van der Waals surface area contributed by atoms with Crippen molar-refractivity contribution in [1.29, 1.82) is 0 Å². The summed E-state index contributed by atoms with van der Waals surface area (Å²) >= 11 is 0. The van der Waals surface area contributed by atoms with Crippen LogP contribution in [-0.4, -0.2) is 62.7 Å². The molecule has 0 aromatic carbocycles. The van der Waals surface area contributed by atoms with Gasteiger partial charge in [-0.2, -0.15) is 0 Å². The minimum atomic E-state index is -3.97. The summed E-state index contributed by atoms with van der Waals surface area (Å²) in [5, 5.41) is 12.7. The van der Waals surface area contributed by atoms with Gasteiger partial charge in [-0.05, 0) is 32.7 Å². The van der Waals surface area contributed by atoms with Crippen molar-refractivity contribution in [3.8, 4) is 0 Å². The molecule has 20 heavy (non-hydrogen) atoms. The molecule has 0 aliphatic heterocycles. The molecule has 0 aliphatic carbocycles. The van der Waals surface area contributed by atoms with Crippen LogP contribution >= 0.6 is 7.60 Å². The van der Waals surface area contributed by atoms with E-state index in [9.17, 15) is 9.67 Å². The fourth-order valence-corrected chi connectivity index (χ4v) is 3.95. The Balaban J connectivity index is 4.17. The number of rotatable bonds is 12. The van der Waals surface area contributed by atoms with Gasteiger partial charge in [0.2, 0.25) is 0 Å². The second kappa shape index (κ2) is 10.9. The van der Waals surface area contributed by atoms with Gasteiger partial charge in [0, 0.05) is 26.3 Å². The van der Waals surface area contributed by atoms with Gasteiger partial charge < -0.3 is 29.1 Å². The number of aliphatic hydroxyl groups excluding tert-OH is 1. The Kier molecular flexibility index (Phi) is 11.0. The molecule has 0 bridgehead atoms. The van der Waals surface area contributed by atoms with Crippen LogP contribution in [0.25, 0.3) is 0 Å². The van der Waals surface area contributed by atoms with E-state index in [1.54, 1.807) is 6.92 Å². The van der Waals surface area contributed by atoms with Gasteiger partial charge in [0.15, 0.2) is 0 Å². The van der Waals surface area contributed by atoms with Gasteiger partial charge in [-0.1, -0.05) is 0 Å². The summed E-state index contributed by atoms with van der Waals surface area (Å²) in [6.45, 7) is 7.36. The van der Waals surface area contributed by atoms with Gasteiger partial charge in [-0.15, -0.1) is 0 Å². The van der Waals surface area contributed by atoms with E-state index in [-0.39, 0.29) is 18.6 Å². The Bertz CT molecular complexity index is 282. The van der Waals surface area contributed by atoms with Gasteiger partial charge in [0.05, 0.1) is 12.3 Å². The van der Waals surface area contributed by atoms with Gasteiger partial charge in [0.1, 0.15) is 0 Å². The summed E-state index contributed by atoms with van der Waals surface area (Å²) in [7, 11) is -5.37. The van der Waals surface area contributed by atoms with E-state index in [4.69, 9.17) is 18.6 Å². The average Bonchev–Trinajstić information content (AvgIpc) is 2.32. The fourth-order valence-electron chi connectivity index (χ4n) is 1.62. The van der Waals surface area contributed by atoms with Crippen LogP contribution in [0, 0.1) is 5.92 Å². The second-order valence-electron chi connectivity index (χ2n) is 4.54. The lowest BCUT2D eigenvalue weighted by Crippen LogP contribution is -2.36. The molecule has 9 heteroatoms. The van der Waals surface area contributed by atoms with Crippen molar-refractivity contribution < 1.29 is 28.3 Å². The van der Waals surface area contributed by atoms with Crippen molar-refractivity contribution in [1.82, 2.24) is 5.32 Å². The molecule has 1 radical (unpaired) electrons. The summed E-state index contributed by atoms with van der Waals surface area (Å²) in [6.07, 6.45) is -0.729. The molecule has 4 N–H and O–H groups in total. The molecule has 0 saturated carbocycles. The Morgan fingerprint density at radius 2 is 1.80 bits per heavy atom. The van der Waals surface area contributed by atoms with Gasteiger partial charge >= 0.3 is 16.9 Å². The largest absolute Gasteiger partial charge is 0.394 e. The van der Waals surface area contributed by atoms with Gasteiger partial charge in [-0.3, -0.25) is 4.57 Å². The quantitative estimate of drug-likeness (QED) is 0.232. The molecule has 0 amide bonds. The third-order valence-corrected chi connectivity index (χ3v) is 5.59. The molecule has 0 fully saturated rings. The highest BCUT2D eigenvalue weighted by Gasteiger charge is 2.25. The molecule has 0 spiro atoms. The van der Waals surface area contributed by atoms with E-state index >= 15 is 0 Å². The molecule has 0 aromatic rings. The first kappa shape index (κ1) is 20.2. The number of nitrogens with one attached hydrogen (secondary N) is 1. The number of aliphatic hydroxyl groups is 1. The van der Waals surface area contributed by atoms with Crippen molar-refractivity contribution in [2.45, 2.75) is 32.9 Å². The third-order valence-electron chi connectivity index (χ3n) is 2.71. The minimum absolute atomic E-state index is 0.0567. The van der Waals surface area contributed by atoms with Crippen molar-refractivity contribution in [2.24, 2.45) is 5.92 Å². The van der Waals surface area contributed by atoms with Gasteiger partial charge in [-0.25, -0.2) is 0 Å². The molecule has 121 valence electrons. The predicted molar refractivity (Wildman–Crippen MR) is 78.8 cm³/mol. The van der Waals surface area contributed by atoms with Crippen molar-refractivity contribution in [3.63, 3.8) is 0 Å². The molecule has 2 unspecified atom stereocenters. The summed E-state index contributed by atoms with van der Waals surface area (Å²) in [5.41, 5.74) is 0. The Morgan fingerprint density at radius 3 is 2.20 bits per heavy atom. The van der Waals surface area contributed by atoms with Crippen LogP contribution in [0.4, 0.5) is 0 Å². The second-order valence-corrected chi connectivity index (χ2v) is 8.04. The molecule has 7 nitrogen and oxygen atoms in total. The maximum absolute atomic E-state index is 10.7. The molecule has 0 rings (SSSR count). The van der Waals surface area contributed by atoms with E-state index in [0.717, 1.165) is 0 Å². The van der Waals surface area contributed by atoms with E-state index in [2.05, 4.69) is 5.32 Å². The number of hydrogen-bond donors (Lipinski definition) is 4. The molecule has 0 saturated heterocycles. The zero-order valence-electron chi connectivity index (χ0n) is 12.4. The van der Waals surface area contributed by atoms with Crippen LogP contribution in [0.15, 0.2) is 0 Å². The lowest BCUT2D eigenvalue weighted by molar-refractivity contribution is 0.123. The number of hydrogen-bond acceptors (Lipinski definition) is 5. The topological polar surface area (TPSA) is 108 Å². The SMILES string of the molecule is CCO[Si](CC(CNCCP(=O)(O)O)C(C)O)OCC. The van der Waals surface area contributed by atoms with Crippen LogP contribution in [0.3, 0.4) is 0 Å². The lowest BCUT2D eigenvalue weighted by Gasteiger charge is -2.23. The van der Waals surface area contributed by atoms with Crippen LogP contribution in [0.5, 0.6) is 0 Å². The first-order chi connectivity index (χ1) is 9.30. The maximum Gasteiger partial charge on any atom is 0.385 e. The van der Waals surface area contributed by atoms with E-state index in [1.807, 2.05) is 13.8 Å². The Labute approximate surface area is 122 Å². The summed E-state index contributed by atoms with van der Waals surface area (Å²) in [4.78, 5) is 17.5. The molecular formula is C11H27NO6PSi. The van der Waals surface area contributed by atoms with Crippen LogP contribution in [-0.2, 0) is 13.4 Å². The predicted octanol–water partition coefficient (Wildman–Crippen LogP) is 0.312. The van der Waals surface area contributed by atoms with Crippen LogP contribution < -0.4 is 5.32 Å². The smallest absolute Gasteiger partial charge is 0.385 e. The highest BCUT2D eigenvalue weighted by atomic mass is 31.2. The van der Waals surface area contributed by atoms with Crippen LogP contribution in [0.1, 0.15) is 20.8 Å². The van der Waals surface area contributed by atoms with Crippen molar-refractivity contribution in [2.75, 3.05) is 32.5 Å². The Hall–Kier alpha value is 0.207. The Morgan fingerprint density at radius 1 is 1.25 bits per heavy atom. The standard InChI is InChI=1S/C11H27NO6PSi/c1-4-17-20(18-5-2)9-11(10(3)13)8-12-6-7-19(14,15)16/h10-13H,4-9H2,1-3H3,(H2,14,15,16). The van der Waals surface area contributed by atoms with E-state index in [1.165, 1.54) is 0 Å². The van der Waals surface area contributed by atoms with E-state index in [0.29, 0.717) is 25.8 Å². The zero-order chi connectivity index (χ0) is 15.6. The summed E-state index contributed by atoms with van der Waals surface area (Å²) in [5.74, 6) is -0.0567. The average molecular weight is 328 g/mol. The van der Waals surface area contributed by atoms with Gasteiger partial charge in [0.25, 0.3) is 0 Å². The molecular weight excluding hydrogens is 301 g/mol. The van der Waals surface area contributed by atoms with Crippen molar-refractivity contribution in [3.05, 3.63) is 0 Å². The first-order valence-electron chi connectivity index (χ1n) is 6.84. The maximum atomic E-state index is 10.7. The lowest BCUT2D eigenvalue weighted by atomic mass is 10.1. The molecule has 0 heterocycles. The van der Waals surface area contributed by atoms with E-state index < -0.39 is 23.0 Å². The fraction of sp³-hybridized carbons (Fsp3) is 1.00. The third kappa shape index (κ3) is 10.9. The zero-order valence-corrected chi connectivity index (χ0v) is 14.3. The van der Waals surface area contributed by atoms with Crippen molar-refractivity contribution >= 4 is 16.9 Å². The highest BCUT2D eigenvalue weighted by molar-refractivity contribution is 7.51.